The molecule has 0 aliphatic carbocycles. The molecule has 1 aromatic rings. The molecule has 20 heavy (non-hydrogen) atoms. The summed E-state index contributed by atoms with van der Waals surface area (Å²) in [5, 5.41) is 8.08. The van der Waals surface area contributed by atoms with Crippen LogP contribution in [0.25, 0.3) is 0 Å². The number of likely N-dealkylation sites (N-methyl/N-ethyl adjacent to an activating group) is 1. The zero-order chi connectivity index (χ0) is 15.2. The Kier molecular flexibility index (Phi) is 6.69. The lowest BCUT2D eigenvalue weighted by Gasteiger charge is -2.36. The first-order valence-electron chi connectivity index (χ1n) is 7.91. The van der Waals surface area contributed by atoms with E-state index < -0.39 is 0 Å². The molecule has 0 amide bonds. The van der Waals surface area contributed by atoms with E-state index in [9.17, 15) is 0 Å². The van der Waals surface area contributed by atoms with Crippen LogP contribution in [0, 0.1) is 0 Å². The van der Waals surface area contributed by atoms with Crippen LogP contribution in [0.2, 0.25) is 0 Å². The topological polar surface area (TPSA) is 39.1 Å². The SMILES string of the molecule is CCOC(C)(CC)C(Cc1cc(CC)nn1CC)NC. The normalized spacial score (nSPS) is 16.1. The van der Waals surface area contributed by atoms with E-state index in [1.807, 2.05) is 7.05 Å². The number of aromatic nitrogens is 2. The number of rotatable bonds is 9. The lowest BCUT2D eigenvalue weighted by Crippen LogP contribution is -2.50. The van der Waals surface area contributed by atoms with Crippen molar-refractivity contribution in [2.75, 3.05) is 13.7 Å². The van der Waals surface area contributed by atoms with Crippen LogP contribution in [0.4, 0.5) is 0 Å². The van der Waals surface area contributed by atoms with Gasteiger partial charge in [0.2, 0.25) is 0 Å². The fraction of sp³-hybridized carbons (Fsp3) is 0.812. The summed E-state index contributed by atoms with van der Waals surface area (Å²) in [6, 6.07) is 2.52. The lowest BCUT2D eigenvalue weighted by molar-refractivity contribution is -0.0537. The van der Waals surface area contributed by atoms with E-state index in [-0.39, 0.29) is 5.60 Å². The summed E-state index contributed by atoms with van der Waals surface area (Å²) in [5.74, 6) is 0. The second kappa shape index (κ2) is 7.79. The van der Waals surface area contributed by atoms with Gasteiger partial charge in [-0.1, -0.05) is 13.8 Å². The Morgan fingerprint density at radius 2 is 2.05 bits per heavy atom. The molecule has 0 saturated heterocycles. The van der Waals surface area contributed by atoms with E-state index >= 15 is 0 Å². The molecule has 0 aliphatic heterocycles. The molecule has 1 rings (SSSR count). The van der Waals surface area contributed by atoms with Gasteiger partial charge >= 0.3 is 0 Å². The standard InChI is InChI=1S/C16H31N3O/c1-7-13-11-14(19(9-3)18-13)12-15(17-6)16(5,8-2)20-10-4/h11,15,17H,7-10,12H2,1-6H3. The summed E-state index contributed by atoms with van der Waals surface area (Å²) in [4.78, 5) is 0. The molecule has 2 atom stereocenters. The van der Waals surface area contributed by atoms with Crippen LogP contribution in [0.1, 0.15) is 52.4 Å². The number of ether oxygens (including phenoxy) is 1. The molecule has 116 valence electrons. The van der Waals surface area contributed by atoms with Crippen LogP contribution in [0.3, 0.4) is 0 Å². The number of nitrogens with one attached hydrogen (secondary N) is 1. The third-order valence-corrected chi connectivity index (χ3v) is 4.25. The van der Waals surface area contributed by atoms with Crippen molar-refractivity contribution < 1.29 is 4.74 Å². The summed E-state index contributed by atoms with van der Waals surface area (Å²) >= 11 is 0. The van der Waals surface area contributed by atoms with Crippen molar-refractivity contribution in [2.24, 2.45) is 0 Å². The van der Waals surface area contributed by atoms with Crippen molar-refractivity contribution in [2.45, 2.75) is 72.1 Å². The van der Waals surface area contributed by atoms with Gasteiger partial charge in [0.25, 0.3) is 0 Å². The number of aryl methyl sites for hydroxylation is 2. The minimum Gasteiger partial charge on any atom is -0.374 e. The third-order valence-electron chi connectivity index (χ3n) is 4.25. The molecule has 0 aliphatic rings. The van der Waals surface area contributed by atoms with Gasteiger partial charge in [-0.3, -0.25) is 4.68 Å². The molecule has 0 spiro atoms. The first kappa shape index (κ1) is 17.2. The van der Waals surface area contributed by atoms with Gasteiger partial charge in [-0.15, -0.1) is 0 Å². The summed E-state index contributed by atoms with van der Waals surface area (Å²) in [6.07, 6.45) is 2.93. The minimum atomic E-state index is -0.140. The van der Waals surface area contributed by atoms with E-state index in [1.165, 1.54) is 11.4 Å². The summed E-state index contributed by atoms with van der Waals surface area (Å²) in [5.41, 5.74) is 2.33. The van der Waals surface area contributed by atoms with Crippen LogP contribution < -0.4 is 5.32 Å². The van der Waals surface area contributed by atoms with E-state index in [2.05, 4.69) is 55.8 Å². The Hall–Kier alpha value is -0.870. The molecule has 1 aromatic heterocycles. The molecule has 0 radical (unpaired) electrons. The van der Waals surface area contributed by atoms with Gasteiger partial charge in [0.15, 0.2) is 0 Å². The Balaban J connectivity index is 2.94. The van der Waals surface area contributed by atoms with Gasteiger partial charge in [0.1, 0.15) is 0 Å². The Morgan fingerprint density at radius 3 is 2.50 bits per heavy atom. The fourth-order valence-electron chi connectivity index (χ4n) is 2.74. The molecular formula is C16H31N3O. The molecule has 2 unspecified atom stereocenters. The number of nitrogens with zero attached hydrogens (tertiary/aromatic N) is 2. The first-order valence-corrected chi connectivity index (χ1v) is 7.91. The Bertz CT molecular complexity index is 402. The highest BCUT2D eigenvalue weighted by Gasteiger charge is 2.33. The predicted molar refractivity (Wildman–Crippen MR) is 84.2 cm³/mol. The van der Waals surface area contributed by atoms with Crippen molar-refractivity contribution in [3.8, 4) is 0 Å². The summed E-state index contributed by atoms with van der Waals surface area (Å²) < 4.78 is 8.13. The second-order valence-corrected chi connectivity index (χ2v) is 5.44. The smallest absolute Gasteiger partial charge is 0.0807 e. The maximum Gasteiger partial charge on any atom is 0.0807 e. The van der Waals surface area contributed by atoms with E-state index in [1.54, 1.807) is 0 Å². The average molecular weight is 281 g/mol. The van der Waals surface area contributed by atoms with Gasteiger partial charge in [-0.2, -0.15) is 5.10 Å². The Labute approximate surface area is 123 Å². The van der Waals surface area contributed by atoms with E-state index in [0.29, 0.717) is 6.04 Å². The third kappa shape index (κ3) is 3.83. The molecule has 0 saturated carbocycles. The molecule has 1 N–H and O–H groups in total. The highest BCUT2D eigenvalue weighted by molar-refractivity contribution is 5.13. The second-order valence-electron chi connectivity index (χ2n) is 5.44. The van der Waals surface area contributed by atoms with E-state index in [0.717, 1.165) is 32.4 Å². The van der Waals surface area contributed by atoms with Crippen LogP contribution >= 0.6 is 0 Å². The van der Waals surface area contributed by atoms with E-state index in [4.69, 9.17) is 4.74 Å². The molecule has 0 aromatic carbocycles. The monoisotopic (exact) mass is 281 g/mol. The van der Waals surface area contributed by atoms with Crippen molar-refractivity contribution in [1.29, 1.82) is 0 Å². The maximum atomic E-state index is 6.02. The van der Waals surface area contributed by atoms with Crippen molar-refractivity contribution in [3.05, 3.63) is 17.5 Å². The lowest BCUT2D eigenvalue weighted by atomic mass is 9.89. The van der Waals surface area contributed by atoms with Gasteiger partial charge in [0, 0.05) is 31.3 Å². The number of hydrogen-bond acceptors (Lipinski definition) is 3. The predicted octanol–water partition coefficient (Wildman–Crippen LogP) is 2.80. The molecule has 1 heterocycles. The quantitative estimate of drug-likeness (QED) is 0.756. The average Bonchev–Trinajstić information content (AvgIpc) is 2.86. The molecular weight excluding hydrogens is 250 g/mol. The van der Waals surface area contributed by atoms with Crippen molar-refractivity contribution >= 4 is 0 Å². The van der Waals surface area contributed by atoms with Gasteiger partial charge in [-0.05, 0) is 46.7 Å². The van der Waals surface area contributed by atoms with Crippen molar-refractivity contribution in [3.63, 3.8) is 0 Å². The highest BCUT2D eigenvalue weighted by Crippen LogP contribution is 2.23. The minimum absolute atomic E-state index is 0.140. The summed E-state index contributed by atoms with van der Waals surface area (Å²) in [7, 11) is 2.02. The van der Waals surface area contributed by atoms with Gasteiger partial charge in [-0.25, -0.2) is 0 Å². The largest absolute Gasteiger partial charge is 0.374 e. The molecule has 4 heteroatoms. The van der Waals surface area contributed by atoms with Crippen LogP contribution in [-0.4, -0.2) is 35.1 Å². The molecule has 0 bridgehead atoms. The van der Waals surface area contributed by atoms with Crippen LogP contribution in [0.15, 0.2) is 6.07 Å². The van der Waals surface area contributed by atoms with Gasteiger partial charge in [0.05, 0.1) is 11.3 Å². The zero-order valence-corrected chi connectivity index (χ0v) is 14.0. The first-order chi connectivity index (χ1) is 9.54. The van der Waals surface area contributed by atoms with Crippen LogP contribution in [-0.2, 0) is 24.1 Å². The molecule has 4 nitrogen and oxygen atoms in total. The molecule has 0 fully saturated rings. The highest BCUT2D eigenvalue weighted by atomic mass is 16.5. The Morgan fingerprint density at radius 1 is 1.35 bits per heavy atom. The van der Waals surface area contributed by atoms with Crippen molar-refractivity contribution in [1.82, 2.24) is 15.1 Å². The number of hydrogen-bond donors (Lipinski definition) is 1. The fourth-order valence-corrected chi connectivity index (χ4v) is 2.74. The maximum absolute atomic E-state index is 6.02. The zero-order valence-electron chi connectivity index (χ0n) is 14.0. The summed E-state index contributed by atoms with van der Waals surface area (Å²) in [6.45, 7) is 12.4. The van der Waals surface area contributed by atoms with Crippen LogP contribution in [0.5, 0.6) is 0 Å². The van der Waals surface area contributed by atoms with Gasteiger partial charge < -0.3 is 10.1 Å².